The van der Waals surface area contributed by atoms with Gasteiger partial charge in [-0.25, -0.2) is 5.43 Å². The first-order valence-electron chi connectivity index (χ1n) is 10.2. The molecule has 2 heterocycles. The molecule has 160 valence electrons. The Kier molecular flexibility index (Phi) is 6.80. The molecule has 8 nitrogen and oxygen atoms in total. The zero-order valence-corrected chi connectivity index (χ0v) is 19.4. The zero-order chi connectivity index (χ0) is 21.6. The summed E-state index contributed by atoms with van der Waals surface area (Å²) >= 11 is 2.21. The molecular weight excluding hydrogens is 505 g/mol. The van der Waals surface area contributed by atoms with Crippen molar-refractivity contribution in [2.45, 2.75) is 26.2 Å². The Morgan fingerprint density at radius 3 is 2.55 bits per heavy atom. The number of hydrogen-bond acceptors (Lipinski definition) is 8. The van der Waals surface area contributed by atoms with E-state index in [0.29, 0.717) is 23.4 Å². The standard InChI is InChI=1S/C22H24IN7O/c1-15-12-17(23)13-16(19(15)31)14-24-29-21-26-20(25-18-8-4-2-5-9-18)27-22(28-21)30-10-6-3-7-11-30/h2,4-5,8-9,12-14,31H,3,6-7,10-11H2,1H3,(H2,25,26,27,28,29)/b24-14-. The van der Waals surface area contributed by atoms with E-state index in [-0.39, 0.29) is 5.75 Å². The number of halogens is 1. The number of phenolic OH excluding ortho intramolecular Hbond substituents is 1. The van der Waals surface area contributed by atoms with E-state index >= 15 is 0 Å². The van der Waals surface area contributed by atoms with Gasteiger partial charge in [-0.15, -0.1) is 0 Å². The number of piperidine rings is 1. The highest BCUT2D eigenvalue weighted by Crippen LogP contribution is 2.24. The monoisotopic (exact) mass is 529 g/mol. The van der Waals surface area contributed by atoms with Crippen molar-refractivity contribution >= 4 is 52.3 Å². The Morgan fingerprint density at radius 1 is 1.03 bits per heavy atom. The summed E-state index contributed by atoms with van der Waals surface area (Å²) in [6.07, 6.45) is 5.04. The molecule has 0 bridgehead atoms. The van der Waals surface area contributed by atoms with Crippen LogP contribution in [0, 0.1) is 10.5 Å². The topological polar surface area (TPSA) is 98.6 Å². The number of hydrogen-bond donors (Lipinski definition) is 3. The van der Waals surface area contributed by atoms with E-state index in [9.17, 15) is 5.11 Å². The van der Waals surface area contributed by atoms with Gasteiger partial charge < -0.3 is 15.3 Å². The third-order valence-corrected chi connectivity index (χ3v) is 5.58. The van der Waals surface area contributed by atoms with E-state index in [2.05, 4.69) is 58.3 Å². The summed E-state index contributed by atoms with van der Waals surface area (Å²) in [6.45, 7) is 3.71. The number of para-hydroxylation sites is 1. The van der Waals surface area contributed by atoms with Gasteiger partial charge in [0, 0.05) is 27.9 Å². The molecule has 3 aromatic rings. The molecule has 0 saturated carbocycles. The highest BCUT2D eigenvalue weighted by molar-refractivity contribution is 14.1. The smallest absolute Gasteiger partial charge is 0.250 e. The van der Waals surface area contributed by atoms with Crippen LogP contribution in [-0.2, 0) is 0 Å². The van der Waals surface area contributed by atoms with Crippen LogP contribution < -0.4 is 15.6 Å². The van der Waals surface area contributed by atoms with E-state index in [1.165, 1.54) is 6.42 Å². The first-order valence-corrected chi connectivity index (χ1v) is 11.3. The molecule has 1 fully saturated rings. The maximum atomic E-state index is 10.3. The molecule has 1 saturated heterocycles. The predicted octanol–water partition coefficient (Wildman–Crippen LogP) is 4.67. The SMILES string of the molecule is Cc1cc(I)cc(/C=N\Nc2nc(Nc3ccccc3)nc(N3CCCCC3)n2)c1O. The van der Waals surface area contributed by atoms with Crippen molar-refractivity contribution < 1.29 is 5.11 Å². The number of rotatable bonds is 6. The van der Waals surface area contributed by atoms with Gasteiger partial charge in [0.15, 0.2) is 0 Å². The molecule has 0 aliphatic carbocycles. The van der Waals surface area contributed by atoms with Gasteiger partial charge in [-0.2, -0.15) is 20.1 Å². The van der Waals surface area contributed by atoms with Gasteiger partial charge in [-0.3, -0.25) is 0 Å². The lowest BCUT2D eigenvalue weighted by atomic mass is 10.1. The Balaban J connectivity index is 1.59. The van der Waals surface area contributed by atoms with Crippen molar-refractivity contribution in [2.75, 3.05) is 28.7 Å². The summed E-state index contributed by atoms with van der Waals surface area (Å²) < 4.78 is 1.02. The average Bonchev–Trinajstić information content (AvgIpc) is 2.78. The zero-order valence-electron chi connectivity index (χ0n) is 17.2. The molecule has 0 spiro atoms. The minimum absolute atomic E-state index is 0.210. The minimum Gasteiger partial charge on any atom is -0.507 e. The number of nitrogens with one attached hydrogen (secondary N) is 2. The Labute approximate surface area is 195 Å². The molecule has 1 aromatic heterocycles. The number of aromatic nitrogens is 3. The van der Waals surface area contributed by atoms with Crippen LogP contribution in [-0.4, -0.2) is 39.4 Å². The van der Waals surface area contributed by atoms with Crippen molar-refractivity contribution in [2.24, 2.45) is 5.10 Å². The fraction of sp³-hybridized carbons (Fsp3) is 0.273. The maximum Gasteiger partial charge on any atom is 0.250 e. The van der Waals surface area contributed by atoms with Crippen LogP contribution >= 0.6 is 22.6 Å². The van der Waals surface area contributed by atoms with Crippen LogP contribution in [0.1, 0.15) is 30.4 Å². The number of benzene rings is 2. The maximum absolute atomic E-state index is 10.3. The average molecular weight is 529 g/mol. The van der Waals surface area contributed by atoms with Crippen LogP contribution in [0.25, 0.3) is 0 Å². The van der Waals surface area contributed by atoms with Crippen molar-refractivity contribution in [1.82, 2.24) is 15.0 Å². The number of nitrogens with zero attached hydrogens (tertiary/aromatic N) is 5. The van der Waals surface area contributed by atoms with Gasteiger partial charge in [-0.05, 0) is 78.6 Å². The van der Waals surface area contributed by atoms with Crippen LogP contribution in [0.3, 0.4) is 0 Å². The van der Waals surface area contributed by atoms with Gasteiger partial charge in [0.25, 0.3) is 0 Å². The van der Waals surface area contributed by atoms with E-state index < -0.39 is 0 Å². The molecule has 0 amide bonds. The summed E-state index contributed by atoms with van der Waals surface area (Å²) in [7, 11) is 0. The van der Waals surface area contributed by atoms with Crippen molar-refractivity contribution in [3.8, 4) is 5.75 Å². The number of hydrazone groups is 1. The predicted molar refractivity (Wildman–Crippen MR) is 132 cm³/mol. The molecule has 0 radical (unpaired) electrons. The summed E-state index contributed by atoms with van der Waals surface area (Å²) in [4.78, 5) is 15.8. The fourth-order valence-corrected chi connectivity index (χ4v) is 4.18. The number of phenols is 1. The van der Waals surface area contributed by atoms with Crippen LogP contribution in [0.15, 0.2) is 47.6 Å². The van der Waals surface area contributed by atoms with Gasteiger partial charge in [-0.1, -0.05) is 18.2 Å². The second-order valence-corrected chi connectivity index (χ2v) is 8.60. The molecule has 0 unspecified atom stereocenters. The summed E-state index contributed by atoms with van der Waals surface area (Å²) in [6, 6.07) is 13.6. The number of aromatic hydroxyl groups is 1. The van der Waals surface area contributed by atoms with Gasteiger partial charge in [0.1, 0.15) is 5.75 Å². The molecule has 4 rings (SSSR count). The van der Waals surface area contributed by atoms with Gasteiger partial charge in [0.2, 0.25) is 17.8 Å². The molecule has 2 aromatic carbocycles. The minimum atomic E-state index is 0.210. The van der Waals surface area contributed by atoms with Crippen molar-refractivity contribution in [3.05, 3.63) is 57.2 Å². The molecule has 3 N–H and O–H groups in total. The van der Waals surface area contributed by atoms with Crippen LogP contribution in [0.4, 0.5) is 23.5 Å². The fourth-order valence-electron chi connectivity index (χ4n) is 3.38. The molecule has 9 heteroatoms. The van der Waals surface area contributed by atoms with Crippen LogP contribution in [0.2, 0.25) is 0 Å². The first kappa shape index (κ1) is 21.3. The second kappa shape index (κ2) is 9.90. The highest BCUT2D eigenvalue weighted by Gasteiger charge is 2.16. The molecule has 0 atom stereocenters. The van der Waals surface area contributed by atoms with Crippen LogP contribution in [0.5, 0.6) is 5.75 Å². The quantitative estimate of drug-likeness (QED) is 0.243. The lowest BCUT2D eigenvalue weighted by Crippen LogP contribution is -2.31. The normalized spacial score (nSPS) is 14.1. The van der Waals surface area contributed by atoms with E-state index in [1.54, 1.807) is 6.21 Å². The molecule has 1 aliphatic heterocycles. The van der Waals surface area contributed by atoms with E-state index in [1.807, 2.05) is 49.4 Å². The Hall–Kier alpha value is -2.95. The third-order valence-electron chi connectivity index (χ3n) is 4.96. The molecule has 1 aliphatic rings. The molecule has 31 heavy (non-hydrogen) atoms. The van der Waals surface area contributed by atoms with Crippen molar-refractivity contribution in [3.63, 3.8) is 0 Å². The lowest BCUT2D eigenvalue weighted by molar-refractivity contribution is 0.470. The summed E-state index contributed by atoms with van der Waals surface area (Å²) in [5.41, 5.74) is 5.22. The highest BCUT2D eigenvalue weighted by atomic mass is 127. The first-order chi connectivity index (χ1) is 15.1. The van der Waals surface area contributed by atoms with E-state index in [4.69, 9.17) is 0 Å². The molecular formula is C22H24IN7O. The van der Waals surface area contributed by atoms with Gasteiger partial charge >= 0.3 is 0 Å². The lowest BCUT2D eigenvalue weighted by Gasteiger charge is -2.26. The van der Waals surface area contributed by atoms with Gasteiger partial charge in [0.05, 0.1) is 6.21 Å². The van der Waals surface area contributed by atoms with Crippen molar-refractivity contribution in [1.29, 1.82) is 0 Å². The summed E-state index contributed by atoms with van der Waals surface area (Å²) in [5.74, 6) is 1.63. The second-order valence-electron chi connectivity index (χ2n) is 7.35. The largest absolute Gasteiger partial charge is 0.507 e. The number of aryl methyl sites for hydroxylation is 1. The Bertz CT molecular complexity index is 1070. The Morgan fingerprint density at radius 2 is 1.77 bits per heavy atom. The summed E-state index contributed by atoms with van der Waals surface area (Å²) in [5, 5.41) is 17.7. The van der Waals surface area contributed by atoms with E-state index in [0.717, 1.165) is 40.8 Å². The third kappa shape index (κ3) is 5.60. The number of anilines is 4.